The Kier molecular flexibility index (Phi) is 4.99. The summed E-state index contributed by atoms with van der Waals surface area (Å²) in [7, 11) is 0. The van der Waals surface area contributed by atoms with Crippen LogP contribution in [0.3, 0.4) is 0 Å². The predicted octanol–water partition coefficient (Wildman–Crippen LogP) is 4.87. The van der Waals surface area contributed by atoms with Gasteiger partial charge < -0.3 is 5.32 Å². The fraction of sp³-hybridized carbons (Fsp3) is 0.174. The Hall–Kier alpha value is -2.87. The van der Waals surface area contributed by atoms with Crippen LogP contribution in [0.4, 0.5) is 0 Å². The molecule has 1 N–H and O–H groups in total. The SMILES string of the molecule is C[C@@H](NC(=O)C(C)(c1ccccc1)c1ccccc1)c1ccccc1. The van der Waals surface area contributed by atoms with Crippen LogP contribution in [-0.2, 0) is 10.2 Å². The lowest BCUT2D eigenvalue weighted by Crippen LogP contribution is -2.44. The van der Waals surface area contributed by atoms with Gasteiger partial charge in [0.1, 0.15) is 0 Å². The number of carbonyl (C=O) groups excluding carboxylic acids is 1. The highest BCUT2D eigenvalue weighted by atomic mass is 16.2. The maximum atomic E-state index is 13.3. The van der Waals surface area contributed by atoms with Crippen molar-refractivity contribution in [2.24, 2.45) is 0 Å². The molecule has 25 heavy (non-hydrogen) atoms. The van der Waals surface area contributed by atoms with Crippen LogP contribution >= 0.6 is 0 Å². The summed E-state index contributed by atoms with van der Waals surface area (Å²) in [5, 5.41) is 3.19. The molecule has 0 fully saturated rings. The van der Waals surface area contributed by atoms with Gasteiger partial charge in [0.15, 0.2) is 0 Å². The lowest BCUT2D eigenvalue weighted by Gasteiger charge is -2.31. The van der Waals surface area contributed by atoms with E-state index in [9.17, 15) is 4.79 Å². The quantitative estimate of drug-likeness (QED) is 0.711. The van der Waals surface area contributed by atoms with E-state index in [2.05, 4.69) is 5.32 Å². The minimum Gasteiger partial charge on any atom is -0.349 e. The molecular formula is C23H23NO. The van der Waals surface area contributed by atoms with E-state index in [4.69, 9.17) is 0 Å². The molecule has 0 heterocycles. The Morgan fingerprint density at radius 3 is 1.60 bits per heavy atom. The largest absolute Gasteiger partial charge is 0.349 e. The van der Waals surface area contributed by atoms with Crippen LogP contribution in [0, 0.1) is 0 Å². The van der Waals surface area contributed by atoms with Gasteiger partial charge in [0.05, 0.1) is 11.5 Å². The van der Waals surface area contributed by atoms with Crippen molar-refractivity contribution in [1.82, 2.24) is 5.32 Å². The summed E-state index contributed by atoms with van der Waals surface area (Å²) in [6.07, 6.45) is 0. The summed E-state index contributed by atoms with van der Waals surface area (Å²) in [5.74, 6) is 0.00116. The molecule has 3 aromatic carbocycles. The van der Waals surface area contributed by atoms with E-state index in [0.29, 0.717) is 0 Å². The summed E-state index contributed by atoms with van der Waals surface area (Å²) in [6, 6.07) is 29.9. The average Bonchev–Trinajstić information content (AvgIpc) is 2.69. The molecule has 0 aliphatic rings. The molecule has 1 atom stereocenters. The second kappa shape index (κ2) is 7.35. The third kappa shape index (κ3) is 3.48. The van der Waals surface area contributed by atoms with Crippen molar-refractivity contribution in [3.63, 3.8) is 0 Å². The zero-order chi connectivity index (χ0) is 17.7. The molecular weight excluding hydrogens is 306 g/mol. The molecule has 2 heteroatoms. The smallest absolute Gasteiger partial charge is 0.235 e. The minimum atomic E-state index is -0.744. The van der Waals surface area contributed by atoms with Gasteiger partial charge in [-0.15, -0.1) is 0 Å². The van der Waals surface area contributed by atoms with Gasteiger partial charge >= 0.3 is 0 Å². The van der Waals surface area contributed by atoms with E-state index in [1.54, 1.807) is 0 Å². The molecule has 0 radical (unpaired) electrons. The van der Waals surface area contributed by atoms with Crippen LogP contribution in [0.5, 0.6) is 0 Å². The summed E-state index contributed by atoms with van der Waals surface area (Å²) in [6.45, 7) is 4.01. The lowest BCUT2D eigenvalue weighted by molar-refractivity contribution is -0.125. The highest BCUT2D eigenvalue weighted by Crippen LogP contribution is 2.33. The molecule has 0 saturated carbocycles. The molecule has 1 amide bonds. The van der Waals surface area contributed by atoms with Gasteiger partial charge in [0.2, 0.25) is 5.91 Å². The number of benzene rings is 3. The van der Waals surface area contributed by atoms with Crippen molar-refractivity contribution >= 4 is 5.91 Å². The molecule has 0 aliphatic carbocycles. The third-order valence-electron chi connectivity index (χ3n) is 4.80. The first-order valence-corrected chi connectivity index (χ1v) is 8.59. The summed E-state index contributed by atoms with van der Waals surface area (Å²) >= 11 is 0. The minimum absolute atomic E-state index is 0.00116. The van der Waals surface area contributed by atoms with E-state index in [1.165, 1.54) is 0 Å². The Labute approximate surface area is 149 Å². The third-order valence-corrected chi connectivity index (χ3v) is 4.80. The van der Waals surface area contributed by atoms with Gasteiger partial charge in [0.25, 0.3) is 0 Å². The maximum absolute atomic E-state index is 13.3. The standard InChI is InChI=1S/C23H23NO/c1-18(19-12-6-3-7-13-19)24-22(25)23(2,20-14-8-4-9-15-20)21-16-10-5-11-17-21/h3-18H,1-2H3,(H,24,25)/t18-/m1/s1. The van der Waals surface area contributed by atoms with Crippen molar-refractivity contribution < 1.29 is 4.79 Å². The first-order valence-electron chi connectivity index (χ1n) is 8.59. The Morgan fingerprint density at radius 2 is 1.16 bits per heavy atom. The van der Waals surface area contributed by atoms with Crippen LogP contribution in [0.1, 0.15) is 36.6 Å². The zero-order valence-corrected chi connectivity index (χ0v) is 14.6. The fourth-order valence-electron chi connectivity index (χ4n) is 3.14. The molecule has 0 unspecified atom stereocenters. The summed E-state index contributed by atoms with van der Waals surface area (Å²) < 4.78 is 0. The second-order valence-electron chi connectivity index (χ2n) is 6.46. The topological polar surface area (TPSA) is 29.1 Å². The predicted molar refractivity (Wildman–Crippen MR) is 102 cm³/mol. The van der Waals surface area contributed by atoms with Crippen LogP contribution in [0.2, 0.25) is 0 Å². The second-order valence-corrected chi connectivity index (χ2v) is 6.46. The van der Waals surface area contributed by atoms with Crippen LogP contribution in [0.15, 0.2) is 91.0 Å². The van der Waals surface area contributed by atoms with Gasteiger partial charge in [-0.1, -0.05) is 91.0 Å². The van der Waals surface area contributed by atoms with Gasteiger partial charge in [0, 0.05) is 0 Å². The number of carbonyl (C=O) groups is 1. The van der Waals surface area contributed by atoms with E-state index in [-0.39, 0.29) is 11.9 Å². The Morgan fingerprint density at radius 1 is 0.760 bits per heavy atom. The summed E-state index contributed by atoms with van der Waals surface area (Å²) in [4.78, 5) is 13.3. The molecule has 0 spiro atoms. The van der Waals surface area contributed by atoms with Gasteiger partial charge in [-0.2, -0.15) is 0 Å². The number of hydrogen-bond donors (Lipinski definition) is 1. The van der Waals surface area contributed by atoms with Crippen molar-refractivity contribution in [3.8, 4) is 0 Å². The molecule has 0 aliphatic heterocycles. The first kappa shape index (κ1) is 17.0. The maximum Gasteiger partial charge on any atom is 0.235 e. The van der Waals surface area contributed by atoms with E-state index < -0.39 is 5.41 Å². The van der Waals surface area contributed by atoms with Crippen molar-refractivity contribution in [1.29, 1.82) is 0 Å². The lowest BCUT2D eigenvalue weighted by atomic mass is 9.75. The van der Waals surface area contributed by atoms with Crippen LogP contribution < -0.4 is 5.32 Å². The van der Waals surface area contributed by atoms with Crippen molar-refractivity contribution in [3.05, 3.63) is 108 Å². The van der Waals surface area contributed by atoms with Crippen LogP contribution in [0.25, 0.3) is 0 Å². The number of amides is 1. The molecule has 0 bridgehead atoms. The molecule has 3 aromatic rings. The average molecular weight is 329 g/mol. The zero-order valence-electron chi connectivity index (χ0n) is 14.6. The first-order chi connectivity index (χ1) is 12.1. The molecule has 3 rings (SSSR count). The fourth-order valence-corrected chi connectivity index (χ4v) is 3.14. The molecule has 126 valence electrons. The van der Waals surface area contributed by atoms with Gasteiger partial charge in [-0.25, -0.2) is 0 Å². The van der Waals surface area contributed by atoms with Crippen molar-refractivity contribution in [2.45, 2.75) is 25.3 Å². The molecule has 0 aromatic heterocycles. The van der Waals surface area contributed by atoms with Crippen LogP contribution in [-0.4, -0.2) is 5.91 Å². The highest BCUT2D eigenvalue weighted by molar-refractivity contribution is 5.91. The Bertz CT molecular complexity index is 773. The Balaban J connectivity index is 1.96. The monoisotopic (exact) mass is 329 g/mol. The molecule has 0 saturated heterocycles. The van der Waals surface area contributed by atoms with Gasteiger partial charge in [-0.3, -0.25) is 4.79 Å². The highest BCUT2D eigenvalue weighted by Gasteiger charge is 2.37. The normalized spacial score (nSPS) is 12.4. The van der Waals surface area contributed by atoms with Crippen molar-refractivity contribution in [2.75, 3.05) is 0 Å². The van der Waals surface area contributed by atoms with Gasteiger partial charge in [-0.05, 0) is 30.5 Å². The number of rotatable bonds is 5. The summed E-state index contributed by atoms with van der Waals surface area (Å²) in [5.41, 5.74) is 2.32. The van der Waals surface area contributed by atoms with E-state index in [0.717, 1.165) is 16.7 Å². The van der Waals surface area contributed by atoms with E-state index >= 15 is 0 Å². The number of nitrogens with one attached hydrogen (secondary N) is 1. The number of hydrogen-bond acceptors (Lipinski definition) is 1. The molecule has 2 nitrogen and oxygen atoms in total. The van der Waals surface area contributed by atoms with E-state index in [1.807, 2.05) is 105 Å².